The fraction of sp³-hybridized carbons (Fsp3) is 0.370. The molecule has 1 aliphatic heterocycles. The number of likely N-dealkylation sites (tertiary alicyclic amines) is 1. The quantitative estimate of drug-likeness (QED) is 0.0890. The fourth-order valence-corrected chi connectivity index (χ4v) is 7.85. The van der Waals surface area contributed by atoms with E-state index in [1.807, 2.05) is 93.8 Å². The van der Waals surface area contributed by atoms with E-state index in [-0.39, 0.29) is 35.5 Å². The van der Waals surface area contributed by atoms with Crippen LogP contribution < -0.4 is 21.9 Å². The molecular formula is C46H53N7O5. The van der Waals surface area contributed by atoms with E-state index in [1.54, 1.807) is 12.3 Å². The van der Waals surface area contributed by atoms with Gasteiger partial charge >= 0.3 is 5.69 Å². The van der Waals surface area contributed by atoms with Crippen molar-refractivity contribution in [2.75, 3.05) is 25.0 Å². The number of imidazole rings is 1. The second kappa shape index (κ2) is 16.9. The first-order valence-electron chi connectivity index (χ1n) is 20.2. The van der Waals surface area contributed by atoms with E-state index in [2.05, 4.69) is 49.8 Å². The third-order valence-electron chi connectivity index (χ3n) is 11.0. The van der Waals surface area contributed by atoms with Gasteiger partial charge in [-0.2, -0.15) is 0 Å². The van der Waals surface area contributed by atoms with Gasteiger partial charge in [-0.05, 0) is 88.4 Å². The van der Waals surface area contributed by atoms with Crippen LogP contribution in [0.4, 0.5) is 5.69 Å². The molecule has 0 bridgehead atoms. The van der Waals surface area contributed by atoms with Crippen LogP contribution in [-0.4, -0.2) is 67.1 Å². The number of ether oxygens (including phenoxy) is 1. The lowest BCUT2D eigenvalue weighted by Gasteiger charge is -2.32. The van der Waals surface area contributed by atoms with Gasteiger partial charge in [0.05, 0.1) is 39.7 Å². The summed E-state index contributed by atoms with van der Waals surface area (Å²) in [5.41, 5.74) is 6.22. The molecule has 0 spiro atoms. The Kier molecular flexibility index (Phi) is 11.8. The van der Waals surface area contributed by atoms with Crippen LogP contribution in [0.2, 0.25) is 0 Å². The minimum atomic E-state index is -0.714. The molecule has 1 fully saturated rings. The number of carbonyl (C=O) groups is 2. The van der Waals surface area contributed by atoms with Gasteiger partial charge < -0.3 is 25.3 Å². The van der Waals surface area contributed by atoms with Gasteiger partial charge in [0.15, 0.2) is 0 Å². The van der Waals surface area contributed by atoms with Gasteiger partial charge in [-0.15, -0.1) is 0 Å². The Morgan fingerprint density at radius 3 is 2.36 bits per heavy atom. The number of pyridine rings is 2. The van der Waals surface area contributed by atoms with Crippen LogP contribution in [0.5, 0.6) is 0 Å². The topological polar surface area (TPSA) is 154 Å². The van der Waals surface area contributed by atoms with E-state index in [0.29, 0.717) is 36.0 Å². The summed E-state index contributed by atoms with van der Waals surface area (Å²) in [5.74, 6) is -0.191. The molecule has 3 aromatic carbocycles. The van der Waals surface area contributed by atoms with Gasteiger partial charge in [0.2, 0.25) is 11.8 Å². The van der Waals surface area contributed by atoms with Crippen molar-refractivity contribution in [3.05, 3.63) is 118 Å². The second-order valence-corrected chi connectivity index (χ2v) is 16.6. The third kappa shape index (κ3) is 9.46. The van der Waals surface area contributed by atoms with E-state index < -0.39 is 11.1 Å². The summed E-state index contributed by atoms with van der Waals surface area (Å²) in [5, 5.41) is 6.57. The summed E-state index contributed by atoms with van der Waals surface area (Å²) in [7, 11) is 0. The Morgan fingerprint density at radius 2 is 1.64 bits per heavy atom. The number of aromatic amines is 2. The predicted octanol–water partition coefficient (Wildman–Crippen LogP) is 7.56. The molecule has 2 amide bonds. The van der Waals surface area contributed by atoms with Crippen molar-refractivity contribution in [3.8, 4) is 22.4 Å². The van der Waals surface area contributed by atoms with Crippen LogP contribution in [0.25, 0.3) is 44.3 Å². The lowest BCUT2D eigenvalue weighted by Crippen LogP contribution is -2.44. The molecule has 1 aliphatic rings. The van der Waals surface area contributed by atoms with E-state index in [0.717, 1.165) is 65.9 Å². The minimum Gasteiger partial charge on any atom is -0.375 e. The van der Waals surface area contributed by atoms with E-state index in [1.165, 1.54) is 5.56 Å². The summed E-state index contributed by atoms with van der Waals surface area (Å²) in [6.07, 6.45) is 4.44. The Morgan fingerprint density at radius 1 is 0.897 bits per heavy atom. The zero-order chi connectivity index (χ0) is 41.0. The lowest BCUT2D eigenvalue weighted by atomic mass is 9.97. The molecule has 12 heteroatoms. The first-order chi connectivity index (χ1) is 27.8. The van der Waals surface area contributed by atoms with Crippen molar-refractivity contribution < 1.29 is 14.3 Å². The number of fused-ring (bicyclic) bond motifs is 2. The molecule has 0 saturated carbocycles. The molecule has 6 aromatic rings. The predicted molar refractivity (Wildman–Crippen MR) is 230 cm³/mol. The van der Waals surface area contributed by atoms with Crippen LogP contribution in [-0.2, 0) is 20.9 Å². The largest absolute Gasteiger partial charge is 0.375 e. The molecule has 4 N–H and O–H groups in total. The molecule has 58 heavy (non-hydrogen) atoms. The van der Waals surface area contributed by atoms with Crippen molar-refractivity contribution in [1.82, 2.24) is 29.7 Å². The number of amides is 2. The number of hydrogen-bond acceptors (Lipinski definition) is 7. The van der Waals surface area contributed by atoms with Gasteiger partial charge in [0.25, 0.3) is 5.56 Å². The molecule has 12 nitrogen and oxygen atoms in total. The normalized spacial score (nSPS) is 14.2. The molecule has 0 atom stereocenters. The molecule has 0 unspecified atom stereocenters. The van der Waals surface area contributed by atoms with E-state index >= 15 is 0 Å². The Balaban J connectivity index is 0.970. The van der Waals surface area contributed by atoms with Gasteiger partial charge in [-0.25, -0.2) is 9.78 Å². The Bertz CT molecular complexity index is 2530. The van der Waals surface area contributed by atoms with Gasteiger partial charge in [-0.3, -0.25) is 23.9 Å². The number of benzene rings is 3. The smallest absolute Gasteiger partial charge is 0.326 e. The number of anilines is 1. The van der Waals surface area contributed by atoms with Crippen molar-refractivity contribution >= 4 is 39.4 Å². The molecule has 4 heterocycles. The van der Waals surface area contributed by atoms with E-state index in [9.17, 15) is 19.2 Å². The molecule has 0 radical (unpaired) electrons. The molecule has 3 aromatic heterocycles. The van der Waals surface area contributed by atoms with E-state index in [4.69, 9.17) is 9.72 Å². The van der Waals surface area contributed by atoms with Crippen molar-refractivity contribution in [1.29, 1.82) is 0 Å². The SMILES string of the molecule is CCC(=O)NC(C)(C)CCOC(C)(C)CC(=O)Nc1ccc2[nH]c(=O)n(C3CCN(Cc4ccc(-c5nc6cc[nH]c(=O)c6cc5-c5ccccc5)cc4)CC3)c2c1. The van der Waals surface area contributed by atoms with Crippen molar-refractivity contribution in [2.24, 2.45) is 0 Å². The highest BCUT2D eigenvalue weighted by Crippen LogP contribution is 2.33. The van der Waals surface area contributed by atoms with Crippen LogP contribution in [0.15, 0.2) is 101 Å². The number of piperidine rings is 1. The van der Waals surface area contributed by atoms with Crippen LogP contribution in [0.3, 0.4) is 0 Å². The minimum absolute atomic E-state index is 0.00592. The highest BCUT2D eigenvalue weighted by molar-refractivity contribution is 5.94. The number of carbonyl (C=O) groups excluding carboxylic acids is 2. The van der Waals surface area contributed by atoms with Gasteiger partial charge in [0, 0.05) is 67.3 Å². The molecule has 7 rings (SSSR count). The van der Waals surface area contributed by atoms with Crippen molar-refractivity contribution in [2.45, 2.75) is 90.4 Å². The van der Waals surface area contributed by atoms with Crippen LogP contribution >= 0.6 is 0 Å². The molecule has 0 aliphatic carbocycles. The number of aromatic nitrogens is 4. The maximum atomic E-state index is 13.3. The summed E-state index contributed by atoms with van der Waals surface area (Å²) >= 11 is 0. The summed E-state index contributed by atoms with van der Waals surface area (Å²) in [6.45, 7) is 12.4. The highest BCUT2D eigenvalue weighted by atomic mass is 16.5. The Labute approximate surface area is 338 Å². The summed E-state index contributed by atoms with van der Waals surface area (Å²) in [6, 6.07) is 27.8. The second-order valence-electron chi connectivity index (χ2n) is 16.6. The van der Waals surface area contributed by atoms with Crippen LogP contribution in [0, 0.1) is 0 Å². The van der Waals surface area contributed by atoms with Crippen molar-refractivity contribution in [3.63, 3.8) is 0 Å². The number of rotatable bonds is 14. The fourth-order valence-electron chi connectivity index (χ4n) is 7.85. The first-order valence-corrected chi connectivity index (χ1v) is 20.2. The Hall–Kier alpha value is -5.85. The zero-order valence-corrected chi connectivity index (χ0v) is 34.0. The number of nitrogens with zero attached hydrogens (tertiary/aromatic N) is 3. The maximum Gasteiger partial charge on any atom is 0.326 e. The van der Waals surface area contributed by atoms with Gasteiger partial charge in [-0.1, -0.05) is 61.5 Å². The van der Waals surface area contributed by atoms with Crippen LogP contribution in [0.1, 0.15) is 78.3 Å². The molecule has 1 saturated heterocycles. The lowest BCUT2D eigenvalue weighted by molar-refractivity contribution is -0.123. The molecule has 302 valence electrons. The summed E-state index contributed by atoms with van der Waals surface area (Å²) in [4.78, 5) is 64.0. The average molecular weight is 784 g/mol. The highest BCUT2D eigenvalue weighted by Gasteiger charge is 2.27. The standard InChI is InChI=1S/C46H53N7O5/c1-6-40(54)51-45(2,3)21-25-58-46(4,5)28-41(55)48-33-16-17-38-39(26-33)53(44(57)50-38)34-19-23-52(24-20-34)29-30-12-14-32(15-13-30)42-35(31-10-8-7-9-11-31)27-36-37(49-42)18-22-47-43(36)56/h7-18,22,26-27,34H,6,19-21,23-25,28-29H2,1-5H3,(H,47,56)(H,48,55)(H,50,57)(H,51,54). The van der Waals surface area contributed by atoms with Gasteiger partial charge in [0.1, 0.15) is 0 Å². The molecular weight excluding hydrogens is 731 g/mol. The zero-order valence-electron chi connectivity index (χ0n) is 34.0. The number of nitrogens with one attached hydrogen (secondary N) is 4. The number of hydrogen-bond donors (Lipinski definition) is 4. The first kappa shape index (κ1) is 40.4. The summed E-state index contributed by atoms with van der Waals surface area (Å²) < 4.78 is 7.93. The monoisotopic (exact) mass is 783 g/mol. The average Bonchev–Trinajstić information content (AvgIpc) is 3.52. The maximum absolute atomic E-state index is 13.3. The third-order valence-corrected chi connectivity index (χ3v) is 11.0. The number of H-pyrrole nitrogens is 2.